The number of sulfonamides is 1. The molecule has 19 heavy (non-hydrogen) atoms. The van der Waals surface area contributed by atoms with Gasteiger partial charge in [0, 0.05) is 12.6 Å². The predicted octanol–water partition coefficient (Wildman–Crippen LogP) is 0.779. The van der Waals surface area contributed by atoms with Crippen LogP contribution in [0.4, 0.5) is 0 Å². The van der Waals surface area contributed by atoms with Crippen LogP contribution in [0.15, 0.2) is 16.9 Å². The average Bonchev–Trinajstić information content (AvgIpc) is 2.81. The van der Waals surface area contributed by atoms with E-state index < -0.39 is 16.0 Å². The summed E-state index contributed by atoms with van der Waals surface area (Å²) in [6.45, 7) is 3.72. The van der Waals surface area contributed by atoms with Crippen molar-refractivity contribution in [3.05, 3.63) is 18.0 Å². The lowest BCUT2D eigenvalue weighted by molar-refractivity contribution is -0.143. The zero-order valence-corrected chi connectivity index (χ0v) is 11.9. The number of aromatic nitrogens is 1. The second-order valence-electron chi connectivity index (χ2n) is 3.89. The molecule has 1 rings (SSSR count). The lowest BCUT2D eigenvalue weighted by Gasteiger charge is -2.19. The highest BCUT2D eigenvalue weighted by molar-refractivity contribution is 7.88. The maximum absolute atomic E-state index is 12.2. The molecule has 0 radical (unpaired) electrons. The smallest absolute Gasteiger partial charge is 0.321 e. The molecule has 7 nitrogen and oxygen atoms in total. The number of carbonyl (C=O) groups excluding carboxylic acids is 1. The van der Waals surface area contributed by atoms with E-state index in [2.05, 4.69) is 9.68 Å². The summed E-state index contributed by atoms with van der Waals surface area (Å²) in [7, 11) is -3.61. The standard InChI is InChI=1S/C11H18N2O5S/c1-3-6-13(8-11(14)17-4-2)19(15,16)9-10-5-7-18-12-10/h5,7H,3-4,6,8-9H2,1-2H3. The maximum atomic E-state index is 12.2. The van der Waals surface area contributed by atoms with E-state index in [1.165, 1.54) is 12.3 Å². The van der Waals surface area contributed by atoms with Crippen LogP contribution in [0.3, 0.4) is 0 Å². The van der Waals surface area contributed by atoms with Gasteiger partial charge in [0.1, 0.15) is 18.6 Å². The van der Waals surface area contributed by atoms with Crippen molar-refractivity contribution >= 4 is 16.0 Å². The normalized spacial score (nSPS) is 11.7. The van der Waals surface area contributed by atoms with E-state index in [0.717, 1.165) is 4.31 Å². The molecule has 0 aliphatic rings. The summed E-state index contributed by atoms with van der Waals surface area (Å²) >= 11 is 0. The Kier molecular flexibility index (Phi) is 5.97. The molecule has 0 fully saturated rings. The summed E-state index contributed by atoms with van der Waals surface area (Å²) in [6.07, 6.45) is 1.91. The fourth-order valence-electron chi connectivity index (χ4n) is 1.51. The van der Waals surface area contributed by atoms with Gasteiger partial charge in [-0.25, -0.2) is 8.42 Å². The van der Waals surface area contributed by atoms with Crippen LogP contribution in [0.25, 0.3) is 0 Å². The third-order valence-electron chi connectivity index (χ3n) is 2.30. The highest BCUT2D eigenvalue weighted by Crippen LogP contribution is 2.10. The zero-order valence-electron chi connectivity index (χ0n) is 11.0. The first-order chi connectivity index (χ1) is 8.99. The molecule has 1 heterocycles. The number of hydrogen-bond acceptors (Lipinski definition) is 6. The Bertz CT molecular complexity index is 483. The first kappa shape index (κ1) is 15.6. The largest absolute Gasteiger partial charge is 0.465 e. The van der Waals surface area contributed by atoms with Gasteiger partial charge >= 0.3 is 5.97 Å². The van der Waals surface area contributed by atoms with E-state index in [0.29, 0.717) is 12.1 Å². The fraction of sp³-hybridized carbons (Fsp3) is 0.636. The predicted molar refractivity (Wildman–Crippen MR) is 67.6 cm³/mol. The van der Waals surface area contributed by atoms with Gasteiger partial charge in [-0.05, 0) is 13.3 Å². The lowest BCUT2D eigenvalue weighted by Crippen LogP contribution is -2.37. The second kappa shape index (κ2) is 7.25. The van der Waals surface area contributed by atoms with Gasteiger partial charge in [-0.2, -0.15) is 4.31 Å². The van der Waals surface area contributed by atoms with Crippen LogP contribution in [-0.2, 0) is 25.3 Å². The number of ether oxygens (including phenoxy) is 1. The summed E-state index contributed by atoms with van der Waals surface area (Å²) in [5.74, 6) is -0.845. The topological polar surface area (TPSA) is 89.7 Å². The Balaban J connectivity index is 2.75. The Morgan fingerprint density at radius 3 is 2.74 bits per heavy atom. The van der Waals surface area contributed by atoms with Crippen molar-refractivity contribution in [2.45, 2.75) is 26.0 Å². The maximum Gasteiger partial charge on any atom is 0.321 e. The molecule has 0 saturated heterocycles. The first-order valence-electron chi connectivity index (χ1n) is 6.02. The Hall–Kier alpha value is -1.41. The van der Waals surface area contributed by atoms with Gasteiger partial charge in [0.05, 0.1) is 12.3 Å². The van der Waals surface area contributed by atoms with Gasteiger partial charge in [-0.15, -0.1) is 0 Å². The SMILES string of the molecule is CCCN(CC(=O)OCC)S(=O)(=O)Cc1ccon1. The summed E-state index contributed by atoms with van der Waals surface area (Å²) in [5.41, 5.74) is 0.310. The molecule has 0 saturated carbocycles. The molecule has 108 valence electrons. The van der Waals surface area contributed by atoms with Crippen molar-refractivity contribution < 1.29 is 22.5 Å². The molecule has 0 unspecified atom stereocenters. The van der Waals surface area contributed by atoms with Gasteiger partial charge in [0.2, 0.25) is 10.0 Å². The second-order valence-corrected chi connectivity index (χ2v) is 5.85. The molecule has 0 aliphatic carbocycles. The summed E-state index contributed by atoms with van der Waals surface area (Å²) in [5, 5.41) is 3.56. The van der Waals surface area contributed by atoms with Crippen molar-refractivity contribution in [3.8, 4) is 0 Å². The quantitative estimate of drug-likeness (QED) is 0.657. The number of hydrogen-bond donors (Lipinski definition) is 0. The van der Waals surface area contributed by atoms with Crippen molar-refractivity contribution in [3.63, 3.8) is 0 Å². The van der Waals surface area contributed by atoms with Crippen molar-refractivity contribution in [2.75, 3.05) is 19.7 Å². The Morgan fingerprint density at radius 2 is 2.21 bits per heavy atom. The molecule has 0 spiro atoms. The molecule has 8 heteroatoms. The molecular formula is C11H18N2O5S. The Labute approximate surface area is 112 Å². The van der Waals surface area contributed by atoms with Crippen LogP contribution in [0.1, 0.15) is 26.0 Å². The molecule has 0 N–H and O–H groups in total. The van der Waals surface area contributed by atoms with E-state index in [4.69, 9.17) is 4.74 Å². The minimum atomic E-state index is -3.61. The average molecular weight is 290 g/mol. The van der Waals surface area contributed by atoms with Crippen molar-refractivity contribution in [1.29, 1.82) is 0 Å². The highest BCUT2D eigenvalue weighted by atomic mass is 32.2. The van der Waals surface area contributed by atoms with Gasteiger partial charge < -0.3 is 9.26 Å². The molecule has 1 aromatic heterocycles. The van der Waals surface area contributed by atoms with Crippen molar-refractivity contribution in [1.82, 2.24) is 9.46 Å². The highest BCUT2D eigenvalue weighted by Gasteiger charge is 2.25. The number of nitrogens with zero attached hydrogens (tertiary/aromatic N) is 2. The van der Waals surface area contributed by atoms with Gasteiger partial charge in [-0.3, -0.25) is 4.79 Å². The molecule has 0 amide bonds. The third-order valence-corrected chi connectivity index (χ3v) is 4.06. The summed E-state index contributed by atoms with van der Waals surface area (Å²) < 4.78 is 34.8. The van der Waals surface area contributed by atoms with E-state index in [9.17, 15) is 13.2 Å². The van der Waals surface area contributed by atoms with Crippen LogP contribution in [0.5, 0.6) is 0 Å². The molecule has 0 aromatic carbocycles. The Morgan fingerprint density at radius 1 is 1.47 bits per heavy atom. The fourth-order valence-corrected chi connectivity index (χ4v) is 2.97. The van der Waals surface area contributed by atoms with Crippen LogP contribution in [-0.4, -0.2) is 43.5 Å². The lowest BCUT2D eigenvalue weighted by atomic mass is 10.5. The van der Waals surface area contributed by atoms with E-state index in [1.807, 2.05) is 6.92 Å². The van der Waals surface area contributed by atoms with E-state index in [-0.39, 0.29) is 25.4 Å². The van der Waals surface area contributed by atoms with Crippen molar-refractivity contribution in [2.24, 2.45) is 0 Å². The summed E-state index contributed by atoms with van der Waals surface area (Å²) in [4.78, 5) is 11.4. The van der Waals surface area contributed by atoms with E-state index in [1.54, 1.807) is 6.92 Å². The van der Waals surface area contributed by atoms with Crippen LogP contribution >= 0.6 is 0 Å². The third kappa shape index (κ3) is 4.99. The minimum absolute atomic E-state index is 0.224. The zero-order chi connectivity index (χ0) is 14.3. The minimum Gasteiger partial charge on any atom is -0.465 e. The van der Waals surface area contributed by atoms with Gasteiger partial charge in [-0.1, -0.05) is 12.1 Å². The number of rotatable bonds is 8. The first-order valence-corrected chi connectivity index (χ1v) is 7.63. The molecule has 0 aliphatic heterocycles. The summed E-state index contributed by atoms with van der Waals surface area (Å²) in [6, 6.07) is 1.48. The van der Waals surface area contributed by atoms with Gasteiger partial charge in [0.25, 0.3) is 0 Å². The monoisotopic (exact) mass is 290 g/mol. The molecular weight excluding hydrogens is 272 g/mol. The van der Waals surface area contributed by atoms with Crippen LogP contribution in [0, 0.1) is 0 Å². The number of carbonyl (C=O) groups is 1. The van der Waals surface area contributed by atoms with Crippen LogP contribution < -0.4 is 0 Å². The molecule has 1 aromatic rings. The van der Waals surface area contributed by atoms with Crippen LogP contribution in [0.2, 0.25) is 0 Å². The number of esters is 1. The molecule has 0 bridgehead atoms. The van der Waals surface area contributed by atoms with E-state index >= 15 is 0 Å². The van der Waals surface area contributed by atoms with Gasteiger partial charge in [0.15, 0.2) is 0 Å². The molecule has 0 atom stereocenters.